The molecule has 1 N–H and O–H groups in total. The lowest BCUT2D eigenvalue weighted by atomic mass is 9.83. The number of hydrogen-bond acceptors (Lipinski definition) is 3. The van der Waals surface area contributed by atoms with Crippen LogP contribution in [0.5, 0.6) is 0 Å². The van der Waals surface area contributed by atoms with E-state index in [4.69, 9.17) is 0 Å². The summed E-state index contributed by atoms with van der Waals surface area (Å²) in [6, 6.07) is 7.00. The van der Waals surface area contributed by atoms with Gasteiger partial charge in [-0.3, -0.25) is 0 Å². The van der Waals surface area contributed by atoms with E-state index < -0.39 is 0 Å². The Morgan fingerprint density at radius 2 is 2.24 bits per heavy atom. The van der Waals surface area contributed by atoms with Crippen molar-refractivity contribution in [3.05, 3.63) is 29.3 Å². The molecule has 1 heterocycles. The highest BCUT2D eigenvalue weighted by atomic mass is 32.2. The number of rotatable bonds is 4. The van der Waals surface area contributed by atoms with Gasteiger partial charge in [-0.1, -0.05) is 26.0 Å². The summed E-state index contributed by atoms with van der Waals surface area (Å²) in [6.07, 6.45) is 2.56. The quantitative estimate of drug-likeness (QED) is 0.640. The summed E-state index contributed by atoms with van der Waals surface area (Å²) in [5, 5.41) is 3.33. The van der Waals surface area contributed by atoms with E-state index in [1.165, 1.54) is 34.6 Å². The fraction of sp³-hybridized carbons (Fsp3) is 0.571. The van der Waals surface area contributed by atoms with Crippen molar-refractivity contribution < 1.29 is 0 Å². The monoisotopic (exact) mass is 267 g/mol. The summed E-state index contributed by atoms with van der Waals surface area (Å²) in [5.74, 6) is 2.02. The third-order valence-electron chi connectivity index (χ3n) is 3.37. The Bertz CT molecular complexity index is 388. The summed E-state index contributed by atoms with van der Waals surface area (Å²) in [7, 11) is 0. The van der Waals surface area contributed by atoms with Crippen LogP contribution in [-0.4, -0.2) is 18.2 Å². The Morgan fingerprint density at radius 3 is 3.00 bits per heavy atom. The van der Waals surface area contributed by atoms with Gasteiger partial charge in [0.25, 0.3) is 0 Å². The zero-order valence-corrected chi connectivity index (χ0v) is 12.3. The minimum atomic E-state index is 0.180. The summed E-state index contributed by atoms with van der Waals surface area (Å²) >= 11 is 6.21. The van der Waals surface area contributed by atoms with Gasteiger partial charge in [0, 0.05) is 22.7 Å². The average Bonchev–Trinajstić information content (AvgIpc) is 2.36. The Labute approximate surface area is 114 Å². The lowest BCUT2D eigenvalue weighted by Crippen LogP contribution is -2.32. The zero-order chi connectivity index (χ0) is 12.3. The van der Waals surface area contributed by atoms with Crippen LogP contribution in [0, 0.1) is 0 Å². The number of thiol groups is 1. The Hall–Kier alpha value is -0.120. The van der Waals surface area contributed by atoms with Crippen molar-refractivity contribution >= 4 is 24.4 Å². The number of aryl methyl sites for hydroxylation is 1. The standard InChI is InChI=1S/C14H21NS2/c1-14(2,9-15-10-16)12-5-6-13-11(8-12)4-3-7-17-13/h5-6,8,15-16H,3-4,7,9-10H2,1-2H3. The van der Waals surface area contributed by atoms with E-state index in [0.29, 0.717) is 0 Å². The van der Waals surface area contributed by atoms with Crippen LogP contribution in [0.15, 0.2) is 23.1 Å². The number of thioether (sulfide) groups is 1. The Morgan fingerprint density at radius 1 is 1.41 bits per heavy atom. The second kappa shape index (κ2) is 5.68. The molecule has 1 nitrogen and oxygen atoms in total. The van der Waals surface area contributed by atoms with Gasteiger partial charge in [0.2, 0.25) is 0 Å². The predicted molar refractivity (Wildman–Crippen MR) is 80.4 cm³/mol. The van der Waals surface area contributed by atoms with Gasteiger partial charge in [-0.05, 0) is 35.8 Å². The molecule has 0 atom stereocenters. The van der Waals surface area contributed by atoms with E-state index in [2.05, 4.69) is 50.0 Å². The second-order valence-corrected chi connectivity index (χ2v) is 6.70. The van der Waals surface area contributed by atoms with Crippen LogP contribution in [0.3, 0.4) is 0 Å². The molecule has 0 amide bonds. The van der Waals surface area contributed by atoms with Gasteiger partial charge in [0.1, 0.15) is 0 Å². The summed E-state index contributed by atoms with van der Waals surface area (Å²) in [6.45, 7) is 5.56. The minimum absolute atomic E-state index is 0.180. The van der Waals surface area contributed by atoms with Crippen molar-refractivity contribution in [1.29, 1.82) is 0 Å². The Kier molecular flexibility index (Phi) is 4.45. The normalized spacial score (nSPS) is 15.7. The largest absolute Gasteiger partial charge is 0.307 e. The molecule has 3 heteroatoms. The van der Waals surface area contributed by atoms with Crippen LogP contribution < -0.4 is 5.32 Å². The third kappa shape index (κ3) is 3.21. The first kappa shape index (κ1) is 13.3. The van der Waals surface area contributed by atoms with Crippen molar-refractivity contribution in [1.82, 2.24) is 5.32 Å². The molecule has 0 bridgehead atoms. The topological polar surface area (TPSA) is 12.0 Å². The molecule has 1 aromatic rings. The van der Waals surface area contributed by atoms with E-state index in [0.717, 1.165) is 12.4 Å². The number of nitrogens with one attached hydrogen (secondary N) is 1. The van der Waals surface area contributed by atoms with Gasteiger partial charge in [-0.2, -0.15) is 12.6 Å². The van der Waals surface area contributed by atoms with Gasteiger partial charge in [-0.15, -0.1) is 11.8 Å². The SMILES string of the molecule is CC(C)(CNCS)c1ccc2c(c1)CCCS2. The molecule has 0 saturated heterocycles. The van der Waals surface area contributed by atoms with Crippen molar-refractivity contribution in [2.45, 2.75) is 37.0 Å². The van der Waals surface area contributed by atoms with Crippen LogP contribution in [0.1, 0.15) is 31.4 Å². The lowest BCUT2D eigenvalue weighted by molar-refractivity contribution is 0.489. The van der Waals surface area contributed by atoms with Gasteiger partial charge in [0.05, 0.1) is 0 Å². The van der Waals surface area contributed by atoms with Crippen LogP contribution in [0.25, 0.3) is 0 Å². The maximum Gasteiger partial charge on any atom is 0.0387 e. The minimum Gasteiger partial charge on any atom is -0.307 e. The highest BCUT2D eigenvalue weighted by Crippen LogP contribution is 2.33. The number of fused-ring (bicyclic) bond motifs is 1. The van der Waals surface area contributed by atoms with Gasteiger partial charge in [-0.25, -0.2) is 0 Å². The van der Waals surface area contributed by atoms with Gasteiger partial charge >= 0.3 is 0 Å². The molecule has 0 spiro atoms. The maximum absolute atomic E-state index is 4.21. The molecule has 2 rings (SSSR count). The molecule has 0 radical (unpaired) electrons. The molecule has 1 aromatic carbocycles. The molecule has 0 aromatic heterocycles. The average molecular weight is 267 g/mol. The van der Waals surface area contributed by atoms with Crippen LogP contribution in [0.4, 0.5) is 0 Å². The molecular formula is C14H21NS2. The first-order valence-corrected chi connectivity index (χ1v) is 7.83. The lowest BCUT2D eigenvalue weighted by Gasteiger charge is -2.27. The molecule has 0 aliphatic carbocycles. The predicted octanol–water partition coefficient (Wildman–Crippen LogP) is 3.48. The smallest absolute Gasteiger partial charge is 0.0387 e. The zero-order valence-electron chi connectivity index (χ0n) is 10.6. The molecule has 0 saturated carbocycles. The van der Waals surface area contributed by atoms with Gasteiger partial charge < -0.3 is 5.32 Å². The van der Waals surface area contributed by atoms with E-state index in [9.17, 15) is 0 Å². The Balaban J connectivity index is 2.20. The van der Waals surface area contributed by atoms with Crippen molar-refractivity contribution in [3.63, 3.8) is 0 Å². The second-order valence-electron chi connectivity index (χ2n) is 5.24. The van der Waals surface area contributed by atoms with Crippen molar-refractivity contribution in [2.75, 3.05) is 18.2 Å². The van der Waals surface area contributed by atoms with E-state index in [1.807, 2.05) is 11.8 Å². The molecule has 94 valence electrons. The van der Waals surface area contributed by atoms with Crippen LogP contribution in [0.2, 0.25) is 0 Å². The van der Waals surface area contributed by atoms with Crippen molar-refractivity contribution in [3.8, 4) is 0 Å². The molecule has 1 aliphatic rings. The van der Waals surface area contributed by atoms with Crippen LogP contribution >= 0.6 is 24.4 Å². The summed E-state index contributed by atoms with van der Waals surface area (Å²) in [5.41, 5.74) is 3.16. The number of hydrogen-bond donors (Lipinski definition) is 2. The van der Waals surface area contributed by atoms with E-state index in [1.54, 1.807) is 0 Å². The van der Waals surface area contributed by atoms with E-state index in [-0.39, 0.29) is 5.41 Å². The first-order valence-electron chi connectivity index (χ1n) is 6.21. The molecule has 17 heavy (non-hydrogen) atoms. The summed E-state index contributed by atoms with van der Waals surface area (Å²) in [4.78, 5) is 1.48. The highest BCUT2D eigenvalue weighted by Gasteiger charge is 2.21. The fourth-order valence-electron chi connectivity index (χ4n) is 2.25. The summed E-state index contributed by atoms with van der Waals surface area (Å²) < 4.78 is 0. The molecule has 1 aliphatic heterocycles. The molecular weight excluding hydrogens is 246 g/mol. The molecule has 0 fully saturated rings. The van der Waals surface area contributed by atoms with Crippen molar-refractivity contribution in [2.24, 2.45) is 0 Å². The third-order valence-corrected chi connectivity index (χ3v) is 4.79. The number of benzene rings is 1. The fourth-order valence-corrected chi connectivity index (χ4v) is 3.38. The maximum atomic E-state index is 4.21. The first-order chi connectivity index (χ1) is 8.13. The van der Waals surface area contributed by atoms with E-state index >= 15 is 0 Å². The van der Waals surface area contributed by atoms with Crippen LogP contribution in [-0.2, 0) is 11.8 Å². The highest BCUT2D eigenvalue weighted by molar-refractivity contribution is 7.99. The molecule has 0 unspecified atom stereocenters. The van der Waals surface area contributed by atoms with Gasteiger partial charge in [0.15, 0.2) is 0 Å².